The Kier molecular flexibility index (Phi) is 2.75. The van der Waals surface area contributed by atoms with Crippen LogP contribution in [-0.4, -0.2) is 42.5 Å². The monoisotopic (exact) mass is 240 g/mol. The topological polar surface area (TPSA) is 70.6 Å². The number of alkyl carbamates (subject to hydrolysis) is 1. The van der Waals surface area contributed by atoms with E-state index in [-0.39, 0.29) is 30.2 Å². The van der Waals surface area contributed by atoms with Crippen LogP contribution in [0, 0.1) is 17.8 Å². The summed E-state index contributed by atoms with van der Waals surface area (Å²) in [5.41, 5.74) is 0. The molecule has 3 fully saturated rings. The number of amides is 1. The van der Waals surface area contributed by atoms with Gasteiger partial charge in [0, 0.05) is 18.0 Å². The molecular weight excluding hydrogens is 220 g/mol. The first-order valence-corrected chi connectivity index (χ1v) is 6.55. The highest BCUT2D eigenvalue weighted by atomic mass is 16.5. The molecule has 1 heterocycles. The van der Waals surface area contributed by atoms with Crippen molar-refractivity contribution >= 4 is 6.09 Å². The number of aliphatic hydroxyl groups excluding tert-OH is 1. The van der Waals surface area contributed by atoms with Crippen LogP contribution >= 0.6 is 0 Å². The molecule has 2 aliphatic carbocycles. The number of carbonyl (C=O) groups excluding carboxylic acids is 1. The van der Waals surface area contributed by atoms with Crippen LogP contribution in [0.2, 0.25) is 0 Å². The summed E-state index contributed by atoms with van der Waals surface area (Å²) in [6.45, 7) is 3.20. The molecule has 1 saturated heterocycles. The minimum absolute atomic E-state index is 0.0816. The van der Waals surface area contributed by atoms with Gasteiger partial charge in [0.15, 0.2) is 0 Å². The lowest BCUT2D eigenvalue weighted by Gasteiger charge is -2.39. The van der Waals surface area contributed by atoms with Crippen LogP contribution in [-0.2, 0) is 4.74 Å². The normalized spacial score (nSPS) is 46.9. The van der Waals surface area contributed by atoms with Crippen LogP contribution in [0.1, 0.15) is 19.8 Å². The van der Waals surface area contributed by atoms with Crippen molar-refractivity contribution in [2.45, 2.75) is 38.0 Å². The van der Waals surface area contributed by atoms with Gasteiger partial charge in [0.2, 0.25) is 0 Å². The average molecular weight is 240 g/mol. The van der Waals surface area contributed by atoms with Gasteiger partial charge in [0.1, 0.15) is 0 Å². The predicted molar refractivity (Wildman–Crippen MR) is 61.4 cm³/mol. The Hall–Kier alpha value is -0.810. The van der Waals surface area contributed by atoms with Crippen molar-refractivity contribution in [1.29, 1.82) is 0 Å². The Labute approximate surface area is 101 Å². The Balaban J connectivity index is 1.73. The summed E-state index contributed by atoms with van der Waals surface area (Å²) in [6, 6.07) is 0.240. The van der Waals surface area contributed by atoms with E-state index in [2.05, 4.69) is 10.6 Å². The molecule has 6 unspecified atom stereocenters. The third-order valence-corrected chi connectivity index (χ3v) is 4.60. The van der Waals surface area contributed by atoms with E-state index < -0.39 is 0 Å². The maximum atomic E-state index is 11.5. The lowest BCUT2D eigenvalue weighted by Crippen LogP contribution is -2.53. The molecule has 0 spiro atoms. The summed E-state index contributed by atoms with van der Waals surface area (Å²) in [5.74, 6) is 1.23. The molecule has 1 amide bonds. The van der Waals surface area contributed by atoms with Gasteiger partial charge < -0.3 is 20.5 Å². The van der Waals surface area contributed by atoms with E-state index in [0.29, 0.717) is 18.4 Å². The molecule has 3 aliphatic rings. The summed E-state index contributed by atoms with van der Waals surface area (Å²) in [5, 5.41) is 16.6. The van der Waals surface area contributed by atoms with Crippen molar-refractivity contribution in [3.05, 3.63) is 0 Å². The van der Waals surface area contributed by atoms with Gasteiger partial charge in [0.05, 0.1) is 12.7 Å². The molecule has 3 N–H and O–H groups in total. The highest BCUT2D eigenvalue weighted by molar-refractivity contribution is 5.67. The molecule has 96 valence electrons. The molecule has 6 atom stereocenters. The number of aliphatic hydroxyl groups is 1. The number of carbonyl (C=O) groups is 1. The average Bonchev–Trinajstić information content (AvgIpc) is 2.44. The first-order chi connectivity index (χ1) is 8.20. The molecule has 3 bridgehead atoms. The number of nitrogens with one attached hydrogen (secondary N) is 2. The van der Waals surface area contributed by atoms with Crippen molar-refractivity contribution in [2.24, 2.45) is 17.8 Å². The van der Waals surface area contributed by atoms with Gasteiger partial charge in [0.25, 0.3) is 0 Å². The summed E-state index contributed by atoms with van der Waals surface area (Å²) in [4.78, 5) is 11.5. The van der Waals surface area contributed by atoms with Gasteiger partial charge in [-0.25, -0.2) is 4.79 Å². The molecule has 17 heavy (non-hydrogen) atoms. The minimum atomic E-state index is -0.348. The zero-order valence-electron chi connectivity index (χ0n) is 10.1. The smallest absolute Gasteiger partial charge is 0.407 e. The quantitative estimate of drug-likeness (QED) is 0.640. The molecule has 0 aromatic carbocycles. The number of rotatable bonds is 2. The van der Waals surface area contributed by atoms with Crippen molar-refractivity contribution in [2.75, 3.05) is 13.2 Å². The van der Waals surface area contributed by atoms with Gasteiger partial charge >= 0.3 is 6.09 Å². The Morgan fingerprint density at radius 3 is 3.00 bits per heavy atom. The van der Waals surface area contributed by atoms with Gasteiger partial charge in [-0.2, -0.15) is 0 Å². The summed E-state index contributed by atoms with van der Waals surface area (Å²) in [7, 11) is 0. The zero-order chi connectivity index (χ0) is 12.0. The summed E-state index contributed by atoms with van der Waals surface area (Å²) >= 11 is 0. The number of ether oxygens (including phenoxy) is 1. The zero-order valence-corrected chi connectivity index (χ0v) is 10.1. The Bertz CT molecular complexity index is 321. The van der Waals surface area contributed by atoms with Gasteiger partial charge in [-0.05, 0) is 38.1 Å². The van der Waals surface area contributed by atoms with E-state index in [1.165, 1.54) is 0 Å². The van der Waals surface area contributed by atoms with Gasteiger partial charge in [-0.3, -0.25) is 0 Å². The fourth-order valence-corrected chi connectivity index (χ4v) is 3.98. The van der Waals surface area contributed by atoms with Crippen LogP contribution in [0.15, 0.2) is 0 Å². The largest absolute Gasteiger partial charge is 0.450 e. The molecule has 0 aromatic heterocycles. The van der Waals surface area contributed by atoms with Crippen LogP contribution in [0.25, 0.3) is 0 Å². The van der Waals surface area contributed by atoms with E-state index in [0.717, 1.165) is 19.4 Å². The van der Waals surface area contributed by atoms with E-state index in [9.17, 15) is 9.90 Å². The lowest BCUT2D eigenvalue weighted by molar-refractivity contribution is 0.0985. The van der Waals surface area contributed by atoms with Crippen molar-refractivity contribution in [3.63, 3.8) is 0 Å². The second-order valence-electron chi connectivity index (χ2n) is 5.48. The summed E-state index contributed by atoms with van der Waals surface area (Å²) in [6.07, 6.45) is 1.46. The van der Waals surface area contributed by atoms with Gasteiger partial charge in [-0.1, -0.05) is 0 Å². The fourth-order valence-electron chi connectivity index (χ4n) is 3.98. The van der Waals surface area contributed by atoms with Crippen LogP contribution in [0.5, 0.6) is 0 Å². The molecule has 5 nitrogen and oxygen atoms in total. The van der Waals surface area contributed by atoms with Crippen LogP contribution < -0.4 is 10.6 Å². The molecule has 5 heteroatoms. The Morgan fingerprint density at radius 1 is 1.47 bits per heavy atom. The highest BCUT2D eigenvalue weighted by Crippen LogP contribution is 2.47. The highest BCUT2D eigenvalue weighted by Gasteiger charge is 2.56. The first-order valence-electron chi connectivity index (χ1n) is 6.55. The SMILES string of the molecule is CCOC(=O)NC1C2CC3CNC(C2O)C1C3. The first kappa shape index (κ1) is 11.3. The lowest BCUT2D eigenvalue weighted by atomic mass is 9.75. The van der Waals surface area contributed by atoms with E-state index >= 15 is 0 Å². The summed E-state index contributed by atoms with van der Waals surface area (Å²) < 4.78 is 4.93. The van der Waals surface area contributed by atoms with E-state index in [1.807, 2.05) is 0 Å². The number of hydrogen-bond acceptors (Lipinski definition) is 4. The predicted octanol–water partition coefficient (Wildman–Crippen LogP) is 0.0898. The number of piperidine rings is 1. The third-order valence-electron chi connectivity index (χ3n) is 4.60. The molecule has 1 aliphatic heterocycles. The van der Waals surface area contributed by atoms with E-state index in [4.69, 9.17) is 4.74 Å². The fraction of sp³-hybridized carbons (Fsp3) is 0.917. The molecule has 3 rings (SSSR count). The molecule has 0 aromatic rings. The molecule has 0 radical (unpaired) electrons. The van der Waals surface area contributed by atoms with Crippen molar-refractivity contribution in [1.82, 2.24) is 10.6 Å². The van der Waals surface area contributed by atoms with Crippen LogP contribution in [0.4, 0.5) is 4.79 Å². The van der Waals surface area contributed by atoms with Crippen molar-refractivity contribution < 1.29 is 14.6 Å². The second-order valence-corrected chi connectivity index (χ2v) is 5.48. The maximum Gasteiger partial charge on any atom is 0.407 e. The number of fused-ring (bicyclic) bond motifs is 2. The minimum Gasteiger partial charge on any atom is -0.450 e. The van der Waals surface area contributed by atoms with Gasteiger partial charge in [-0.15, -0.1) is 0 Å². The third kappa shape index (κ3) is 1.72. The number of hydrogen-bond donors (Lipinski definition) is 3. The van der Waals surface area contributed by atoms with E-state index in [1.54, 1.807) is 6.92 Å². The Morgan fingerprint density at radius 2 is 2.24 bits per heavy atom. The van der Waals surface area contributed by atoms with Crippen LogP contribution in [0.3, 0.4) is 0 Å². The molecule has 2 saturated carbocycles. The molecular formula is C12H20N2O3. The maximum absolute atomic E-state index is 11.5. The second kappa shape index (κ2) is 4.14. The van der Waals surface area contributed by atoms with Crippen molar-refractivity contribution in [3.8, 4) is 0 Å². The standard InChI is InChI=1S/C12H20N2O3/c1-2-17-12(16)14-9-7-3-6-4-8(9)11(15)10(7)13-5-6/h6-11,13,15H,2-5H2,1H3,(H,14,16).